The zero-order chi connectivity index (χ0) is 11.2. The Morgan fingerprint density at radius 3 is 1.93 bits per heavy atom. The number of hydrogen-bond acceptors (Lipinski definition) is 1. The molecule has 0 unspecified atom stereocenters. The Hall–Kier alpha value is -0.560. The summed E-state index contributed by atoms with van der Waals surface area (Å²) in [5.41, 5.74) is 0. The summed E-state index contributed by atoms with van der Waals surface area (Å²) in [4.78, 5) is 0. The van der Waals surface area contributed by atoms with Crippen molar-refractivity contribution in [2.24, 2.45) is 0 Å². The molecule has 0 aromatic heterocycles. The Morgan fingerprint density at radius 1 is 0.800 bits per heavy atom. The van der Waals surface area contributed by atoms with Crippen molar-refractivity contribution in [1.29, 1.82) is 0 Å². The van der Waals surface area contributed by atoms with Crippen molar-refractivity contribution in [1.82, 2.24) is 0 Å². The zero-order valence-corrected chi connectivity index (χ0v) is 10.1. The van der Waals surface area contributed by atoms with E-state index in [2.05, 4.69) is 31.2 Å². The number of rotatable bonds is 10. The summed E-state index contributed by atoms with van der Waals surface area (Å²) in [6, 6.07) is 0. The van der Waals surface area contributed by atoms with Crippen molar-refractivity contribution in [3.05, 3.63) is 24.3 Å². The SMILES string of the molecule is CCCCC/C=C/C=C\CCCCCO. The van der Waals surface area contributed by atoms with Crippen molar-refractivity contribution < 1.29 is 5.11 Å². The van der Waals surface area contributed by atoms with Gasteiger partial charge in [-0.1, -0.05) is 50.5 Å². The van der Waals surface area contributed by atoms with Gasteiger partial charge in [-0.3, -0.25) is 0 Å². The Bertz CT molecular complexity index is 159. The fourth-order valence-electron chi connectivity index (χ4n) is 1.41. The number of aliphatic hydroxyl groups is 1. The first kappa shape index (κ1) is 14.4. The molecule has 0 saturated carbocycles. The first-order valence-corrected chi connectivity index (χ1v) is 6.34. The molecule has 0 radical (unpaired) electrons. The molecule has 0 aromatic carbocycles. The topological polar surface area (TPSA) is 20.2 Å². The lowest BCUT2D eigenvalue weighted by Gasteiger charge is -1.93. The zero-order valence-electron chi connectivity index (χ0n) is 10.1. The maximum atomic E-state index is 8.58. The minimum absolute atomic E-state index is 0.334. The molecule has 0 rings (SSSR count). The normalized spacial score (nSPS) is 11.9. The van der Waals surface area contributed by atoms with Crippen LogP contribution in [0.4, 0.5) is 0 Å². The molecule has 0 bridgehead atoms. The summed E-state index contributed by atoms with van der Waals surface area (Å²) in [6.45, 7) is 2.57. The van der Waals surface area contributed by atoms with E-state index < -0.39 is 0 Å². The van der Waals surface area contributed by atoms with E-state index in [4.69, 9.17) is 5.11 Å². The van der Waals surface area contributed by atoms with Crippen LogP contribution in [0.3, 0.4) is 0 Å². The van der Waals surface area contributed by atoms with Crippen molar-refractivity contribution in [2.45, 2.75) is 58.3 Å². The summed E-state index contributed by atoms with van der Waals surface area (Å²) in [6.07, 6.45) is 18.4. The fraction of sp³-hybridized carbons (Fsp3) is 0.714. The molecule has 0 aliphatic rings. The van der Waals surface area contributed by atoms with Gasteiger partial charge in [-0.15, -0.1) is 0 Å². The monoisotopic (exact) mass is 210 g/mol. The van der Waals surface area contributed by atoms with Crippen molar-refractivity contribution in [3.8, 4) is 0 Å². The van der Waals surface area contributed by atoms with Crippen LogP contribution in [0.15, 0.2) is 24.3 Å². The predicted molar refractivity (Wildman–Crippen MR) is 68.0 cm³/mol. The summed E-state index contributed by atoms with van der Waals surface area (Å²) >= 11 is 0. The van der Waals surface area contributed by atoms with Gasteiger partial charge in [0.15, 0.2) is 0 Å². The van der Waals surface area contributed by atoms with Crippen LogP contribution in [0.5, 0.6) is 0 Å². The molecule has 1 heteroatoms. The van der Waals surface area contributed by atoms with E-state index in [1.54, 1.807) is 0 Å². The molecule has 0 aliphatic carbocycles. The summed E-state index contributed by atoms with van der Waals surface area (Å²) in [5.74, 6) is 0. The molecule has 0 aliphatic heterocycles. The maximum absolute atomic E-state index is 8.58. The second-order valence-electron chi connectivity index (χ2n) is 3.93. The van der Waals surface area contributed by atoms with Crippen LogP contribution < -0.4 is 0 Å². The van der Waals surface area contributed by atoms with Crippen molar-refractivity contribution in [2.75, 3.05) is 6.61 Å². The second-order valence-corrected chi connectivity index (χ2v) is 3.93. The van der Waals surface area contributed by atoms with E-state index >= 15 is 0 Å². The minimum atomic E-state index is 0.334. The van der Waals surface area contributed by atoms with E-state index in [1.165, 1.54) is 32.1 Å². The second kappa shape index (κ2) is 13.4. The molecule has 88 valence electrons. The predicted octanol–water partition coefficient (Wildman–Crippen LogP) is 4.23. The number of unbranched alkanes of at least 4 members (excludes halogenated alkanes) is 6. The third-order valence-electron chi connectivity index (χ3n) is 2.39. The lowest BCUT2D eigenvalue weighted by Crippen LogP contribution is -1.81. The molecule has 0 amide bonds. The molecule has 0 saturated heterocycles. The molecule has 1 N–H and O–H groups in total. The van der Waals surface area contributed by atoms with Crippen molar-refractivity contribution in [3.63, 3.8) is 0 Å². The third kappa shape index (κ3) is 13.4. The lowest BCUT2D eigenvalue weighted by atomic mass is 10.2. The van der Waals surface area contributed by atoms with E-state index in [9.17, 15) is 0 Å². The van der Waals surface area contributed by atoms with Gasteiger partial charge >= 0.3 is 0 Å². The molecule has 0 aromatic rings. The molecule has 0 spiro atoms. The third-order valence-corrected chi connectivity index (χ3v) is 2.39. The highest BCUT2D eigenvalue weighted by atomic mass is 16.2. The van der Waals surface area contributed by atoms with E-state index in [1.807, 2.05) is 0 Å². The van der Waals surface area contributed by atoms with Crippen LogP contribution in [0, 0.1) is 0 Å². The Balaban J connectivity index is 3.15. The molecule has 15 heavy (non-hydrogen) atoms. The molecular formula is C14H26O. The summed E-state index contributed by atoms with van der Waals surface area (Å²) in [5, 5.41) is 8.58. The van der Waals surface area contributed by atoms with Gasteiger partial charge in [-0.05, 0) is 32.1 Å². The largest absolute Gasteiger partial charge is 0.396 e. The minimum Gasteiger partial charge on any atom is -0.396 e. The van der Waals surface area contributed by atoms with Gasteiger partial charge in [-0.2, -0.15) is 0 Å². The first-order chi connectivity index (χ1) is 7.41. The quantitative estimate of drug-likeness (QED) is 0.422. The van der Waals surface area contributed by atoms with Gasteiger partial charge in [0.25, 0.3) is 0 Å². The van der Waals surface area contributed by atoms with Gasteiger partial charge in [-0.25, -0.2) is 0 Å². The average Bonchev–Trinajstić information content (AvgIpc) is 2.26. The lowest BCUT2D eigenvalue weighted by molar-refractivity contribution is 0.283. The first-order valence-electron chi connectivity index (χ1n) is 6.34. The van der Waals surface area contributed by atoms with Gasteiger partial charge in [0, 0.05) is 6.61 Å². The highest BCUT2D eigenvalue weighted by Crippen LogP contribution is 2.01. The highest BCUT2D eigenvalue weighted by molar-refractivity contribution is 5.02. The molecule has 1 nitrogen and oxygen atoms in total. The van der Waals surface area contributed by atoms with Crippen LogP contribution in [-0.2, 0) is 0 Å². The van der Waals surface area contributed by atoms with E-state index in [0.29, 0.717) is 6.61 Å². The molecule has 0 heterocycles. The summed E-state index contributed by atoms with van der Waals surface area (Å²) < 4.78 is 0. The van der Waals surface area contributed by atoms with Crippen LogP contribution in [-0.4, -0.2) is 11.7 Å². The highest BCUT2D eigenvalue weighted by Gasteiger charge is 1.84. The maximum Gasteiger partial charge on any atom is 0.0431 e. The molecule has 0 atom stereocenters. The number of allylic oxidation sites excluding steroid dienone is 4. The molecular weight excluding hydrogens is 184 g/mol. The fourth-order valence-corrected chi connectivity index (χ4v) is 1.41. The Morgan fingerprint density at radius 2 is 1.40 bits per heavy atom. The van der Waals surface area contributed by atoms with Gasteiger partial charge in [0.1, 0.15) is 0 Å². The van der Waals surface area contributed by atoms with Gasteiger partial charge < -0.3 is 5.11 Å². The summed E-state index contributed by atoms with van der Waals surface area (Å²) in [7, 11) is 0. The van der Waals surface area contributed by atoms with E-state index in [0.717, 1.165) is 19.3 Å². The average molecular weight is 210 g/mol. The molecule has 0 fully saturated rings. The standard InChI is InChI=1S/C14H26O/c1-2-3-4-5-6-7-8-9-10-11-12-13-14-15/h6-9,15H,2-5,10-14H2,1H3/b7-6+,9-8-. The smallest absolute Gasteiger partial charge is 0.0431 e. The Labute approximate surface area is 94.9 Å². The van der Waals surface area contributed by atoms with E-state index in [-0.39, 0.29) is 0 Å². The van der Waals surface area contributed by atoms with Crippen LogP contribution in [0.2, 0.25) is 0 Å². The van der Waals surface area contributed by atoms with Crippen LogP contribution in [0.1, 0.15) is 58.3 Å². The van der Waals surface area contributed by atoms with Crippen molar-refractivity contribution >= 4 is 0 Å². The number of hydrogen-bond donors (Lipinski definition) is 1. The van der Waals surface area contributed by atoms with Crippen LogP contribution >= 0.6 is 0 Å². The Kier molecular flexibility index (Phi) is 12.9. The van der Waals surface area contributed by atoms with Gasteiger partial charge in [0.2, 0.25) is 0 Å². The van der Waals surface area contributed by atoms with Crippen LogP contribution in [0.25, 0.3) is 0 Å². The number of aliphatic hydroxyl groups excluding tert-OH is 1. The van der Waals surface area contributed by atoms with Gasteiger partial charge in [0.05, 0.1) is 0 Å².